The molecule has 2 aromatic rings. The molecule has 1 aromatic carbocycles. The number of guanidine groups is 1. The molecule has 0 amide bonds. The maximum absolute atomic E-state index is 5.77. The van der Waals surface area contributed by atoms with E-state index in [2.05, 4.69) is 22.1 Å². The van der Waals surface area contributed by atoms with Crippen LogP contribution in [0.2, 0.25) is 0 Å². The number of hydrogen-bond donors (Lipinski definition) is 1. The average Bonchev–Trinajstić information content (AvgIpc) is 3.60. The van der Waals surface area contributed by atoms with Crippen LogP contribution in [0.1, 0.15) is 25.3 Å². The summed E-state index contributed by atoms with van der Waals surface area (Å²) < 4.78 is 16.7. The van der Waals surface area contributed by atoms with E-state index >= 15 is 0 Å². The normalized spacial score (nSPS) is 13.3. The molecule has 8 heteroatoms. The van der Waals surface area contributed by atoms with Crippen LogP contribution in [-0.4, -0.2) is 56.3 Å². The summed E-state index contributed by atoms with van der Waals surface area (Å²) in [6.45, 7) is 5.85. The third kappa shape index (κ3) is 8.90. The van der Waals surface area contributed by atoms with E-state index in [-0.39, 0.29) is 24.0 Å². The van der Waals surface area contributed by atoms with E-state index in [4.69, 9.17) is 19.2 Å². The Balaban J connectivity index is 0.00000341. The molecule has 1 aliphatic carbocycles. The Morgan fingerprint density at radius 3 is 2.52 bits per heavy atom. The zero-order valence-electron chi connectivity index (χ0n) is 18.5. The Bertz CT molecular complexity index is 795. The van der Waals surface area contributed by atoms with Crippen LogP contribution in [0.15, 0.2) is 47.6 Å². The summed E-state index contributed by atoms with van der Waals surface area (Å²) in [6, 6.07) is 11.3. The third-order valence-electron chi connectivity index (χ3n) is 4.81. The van der Waals surface area contributed by atoms with Gasteiger partial charge in [-0.3, -0.25) is 0 Å². The molecule has 0 unspecified atom stereocenters. The standard InChI is InChI=1S/C23H32N4O3.HI/c1-4-24-23(27(2)13-14-29-17-18-5-6-18)26-16-19-7-12-22(25-15-19)30-21-10-8-20(28-3)9-11-21;/h7-12,15,18H,4-6,13-14,16-17H2,1-3H3,(H,24,26);1H. The molecule has 0 atom stereocenters. The summed E-state index contributed by atoms with van der Waals surface area (Å²) in [6.07, 6.45) is 4.43. The second-order valence-electron chi connectivity index (χ2n) is 7.39. The van der Waals surface area contributed by atoms with E-state index in [1.807, 2.05) is 43.4 Å². The zero-order chi connectivity index (χ0) is 21.2. The van der Waals surface area contributed by atoms with E-state index in [9.17, 15) is 0 Å². The summed E-state index contributed by atoms with van der Waals surface area (Å²) in [7, 11) is 3.67. The maximum atomic E-state index is 5.77. The van der Waals surface area contributed by atoms with Crippen molar-refractivity contribution in [3.8, 4) is 17.4 Å². The fraction of sp³-hybridized carbons (Fsp3) is 0.478. The molecule has 1 aromatic heterocycles. The molecule has 1 heterocycles. The molecule has 0 bridgehead atoms. The van der Waals surface area contributed by atoms with E-state index in [1.165, 1.54) is 12.8 Å². The lowest BCUT2D eigenvalue weighted by molar-refractivity contribution is 0.115. The van der Waals surface area contributed by atoms with Crippen molar-refractivity contribution in [3.63, 3.8) is 0 Å². The van der Waals surface area contributed by atoms with Crippen LogP contribution in [-0.2, 0) is 11.3 Å². The molecule has 0 aliphatic heterocycles. The molecule has 31 heavy (non-hydrogen) atoms. The lowest BCUT2D eigenvalue weighted by Gasteiger charge is -2.22. The first kappa shape index (κ1) is 25.2. The van der Waals surface area contributed by atoms with Gasteiger partial charge in [0.15, 0.2) is 5.96 Å². The summed E-state index contributed by atoms with van der Waals surface area (Å²) in [5.41, 5.74) is 1.02. The predicted molar refractivity (Wildman–Crippen MR) is 134 cm³/mol. The quantitative estimate of drug-likeness (QED) is 0.198. The molecule has 0 spiro atoms. The molecular formula is C23H33IN4O3. The first-order valence-corrected chi connectivity index (χ1v) is 10.5. The molecule has 1 aliphatic rings. The van der Waals surface area contributed by atoms with Crippen LogP contribution in [0.5, 0.6) is 17.4 Å². The van der Waals surface area contributed by atoms with Gasteiger partial charge < -0.3 is 24.4 Å². The molecule has 0 saturated heterocycles. The lowest BCUT2D eigenvalue weighted by atomic mass is 10.3. The molecule has 7 nitrogen and oxygen atoms in total. The Morgan fingerprint density at radius 1 is 1.16 bits per heavy atom. The molecule has 1 fully saturated rings. The summed E-state index contributed by atoms with van der Waals surface area (Å²) >= 11 is 0. The van der Waals surface area contributed by atoms with Crippen LogP contribution >= 0.6 is 24.0 Å². The molecule has 3 rings (SSSR count). The van der Waals surface area contributed by atoms with Crippen LogP contribution in [0.25, 0.3) is 0 Å². The SMILES string of the molecule is CCNC(=NCc1ccc(Oc2ccc(OC)cc2)nc1)N(C)CCOCC1CC1.I. The molecule has 0 radical (unpaired) electrons. The van der Waals surface area contributed by atoms with Gasteiger partial charge in [-0.25, -0.2) is 9.98 Å². The smallest absolute Gasteiger partial charge is 0.219 e. The van der Waals surface area contributed by atoms with Crippen molar-refractivity contribution in [2.75, 3.05) is 40.5 Å². The number of pyridine rings is 1. The van der Waals surface area contributed by atoms with Gasteiger partial charge in [0.05, 0.1) is 20.3 Å². The van der Waals surface area contributed by atoms with E-state index in [0.717, 1.165) is 49.5 Å². The maximum Gasteiger partial charge on any atom is 0.219 e. The zero-order valence-corrected chi connectivity index (χ0v) is 20.9. The highest BCUT2D eigenvalue weighted by atomic mass is 127. The minimum Gasteiger partial charge on any atom is -0.497 e. The van der Waals surface area contributed by atoms with Crippen molar-refractivity contribution in [3.05, 3.63) is 48.2 Å². The number of nitrogens with one attached hydrogen (secondary N) is 1. The van der Waals surface area contributed by atoms with Crippen molar-refractivity contribution >= 4 is 29.9 Å². The van der Waals surface area contributed by atoms with Gasteiger partial charge in [0.25, 0.3) is 0 Å². The molecule has 170 valence electrons. The van der Waals surface area contributed by atoms with Crippen molar-refractivity contribution < 1.29 is 14.2 Å². The van der Waals surface area contributed by atoms with Gasteiger partial charge in [0.2, 0.25) is 5.88 Å². The van der Waals surface area contributed by atoms with E-state index < -0.39 is 0 Å². The van der Waals surface area contributed by atoms with Crippen molar-refractivity contribution in [2.45, 2.75) is 26.3 Å². The summed E-state index contributed by atoms with van der Waals surface area (Å²) in [5.74, 6) is 3.71. The van der Waals surface area contributed by atoms with E-state index in [1.54, 1.807) is 13.3 Å². The van der Waals surface area contributed by atoms with E-state index in [0.29, 0.717) is 18.2 Å². The number of hydrogen-bond acceptors (Lipinski definition) is 5. The van der Waals surface area contributed by atoms with Crippen LogP contribution < -0.4 is 14.8 Å². The Kier molecular flexibility index (Phi) is 10.9. The highest BCUT2D eigenvalue weighted by Gasteiger charge is 2.21. The number of methoxy groups -OCH3 is 1. The number of likely N-dealkylation sites (N-methyl/N-ethyl adjacent to an activating group) is 1. The topological polar surface area (TPSA) is 68.2 Å². The number of nitrogens with zero attached hydrogens (tertiary/aromatic N) is 3. The predicted octanol–water partition coefficient (Wildman–Crippen LogP) is 4.32. The number of halogens is 1. The van der Waals surface area contributed by atoms with Gasteiger partial charge >= 0.3 is 0 Å². The third-order valence-corrected chi connectivity index (χ3v) is 4.81. The van der Waals surface area contributed by atoms with Crippen LogP contribution in [0, 0.1) is 5.92 Å². The van der Waals surface area contributed by atoms with Crippen molar-refractivity contribution in [1.82, 2.24) is 15.2 Å². The monoisotopic (exact) mass is 540 g/mol. The van der Waals surface area contributed by atoms with Gasteiger partial charge in [-0.1, -0.05) is 6.07 Å². The fourth-order valence-corrected chi connectivity index (χ4v) is 2.81. The first-order valence-electron chi connectivity index (χ1n) is 10.5. The number of ether oxygens (including phenoxy) is 3. The largest absolute Gasteiger partial charge is 0.497 e. The van der Waals surface area contributed by atoms with Crippen molar-refractivity contribution in [1.29, 1.82) is 0 Å². The van der Waals surface area contributed by atoms with Crippen LogP contribution in [0.3, 0.4) is 0 Å². The van der Waals surface area contributed by atoms with Gasteiger partial charge in [0, 0.05) is 39.0 Å². The second-order valence-corrected chi connectivity index (χ2v) is 7.39. The fourth-order valence-electron chi connectivity index (χ4n) is 2.81. The van der Waals surface area contributed by atoms with Gasteiger partial charge in [-0.05, 0) is 55.5 Å². The highest BCUT2D eigenvalue weighted by Crippen LogP contribution is 2.28. The lowest BCUT2D eigenvalue weighted by Crippen LogP contribution is -2.40. The minimum absolute atomic E-state index is 0. The van der Waals surface area contributed by atoms with Gasteiger partial charge in [0.1, 0.15) is 11.5 Å². The average molecular weight is 540 g/mol. The molecule has 1 N–H and O–H groups in total. The number of aromatic nitrogens is 1. The Hall–Kier alpha value is -2.07. The molecule has 1 saturated carbocycles. The number of aliphatic imine (C=N–C) groups is 1. The first-order chi connectivity index (χ1) is 14.7. The summed E-state index contributed by atoms with van der Waals surface area (Å²) in [4.78, 5) is 11.2. The van der Waals surface area contributed by atoms with Gasteiger partial charge in [-0.15, -0.1) is 24.0 Å². The second kappa shape index (κ2) is 13.4. The van der Waals surface area contributed by atoms with Crippen LogP contribution in [0.4, 0.5) is 0 Å². The van der Waals surface area contributed by atoms with Gasteiger partial charge in [-0.2, -0.15) is 0 Å². The number of benzene rings is 1. The Labute approximate surface area is 202 Å². The Morgan fingerprint density at radius 2 is 1.90 bits per heavy atom. The number of rotatable bonds is 11. The summed E-state index contributed by atoms with van der Waals surface area (Å²) in [5, 5.41) is 3.33. The highest BCUT2D eigenvalue weighted by molar-refractivity contribution is 14.0. The molecular weight excluding hydrogens is 507 g/mol. The minimum atomic E-state index is 0. The van der Waals surface area contributed by atoms with Crippen molar-refractivity contribution in [2.24, 2.45) is 10.9 Å².